The summed E-state index contributed by atoms with van der Waals surface area (Å²) in [6, 6.07) is 26.3. The fourth-order valence-electron chi connectivity index (χ4n) is 12.5. The molecule has 2 fully saturated rings. The third-order valence-electron chi connectivity index (χ3n) is 17.9. The van der Waals surface area contributed by atoms with Crippen molar-refractivity contribution < 1.29 is 38.4 Å². The van der Waals surface area contributed by atoms with E-state index in [0.29, 0.717) is 17.5 Å². The molecule has 4 aromatic rings. The summed E-state index contributed by atoms with van der Waals surface area (Å²) in [6.45, 7) is 17.2. The lowest BCUT2D eigenvalue weighted by molar-refractivity contribution is -0.146. The molecule has 2 saturated heterocycles. The molecule has 8 rings (SSSR count). The number of ketones is 2. The van der Waals surface area contributed by atoms with Crippen LogP contribution in [-0.4, -0.2) is 113 Å². The summed E-state index contributed by atoms with van der Waals surface area (Å²) < 4.78 is 0. The SMILES string of the molecule is CC[C@@H](C)C(=O)N[C@H](C(=O)N1C[C@@H](NC(=O)c2ccc(-c3ccc(C(=O)NC4C[C@@H](C(=O)C[C@@H]5CCCc6ccccc65)N(C(=O)[C@@H](CC(=O)[C@H](C)NC)C(C)(C)C)C4)cc3)cc2)C[C@H]1C(=O)N[C@@H]1CCCc2ccccc21)C(C)(C)C. The number of nitrogens with one attached hydrogen (secondary N) is 5. The van der Waals surface area contributed by atoms with Crippen LogP contribution in [0.2, 0.25) is 0 Å². The van der Waals surface area contributed by atoms with Crippen LogP contribution in [-0.2, 0) is 41.6 Å². The lowest BCUT2D eigenvalue weighted by atomic mass is 9.76. The number of aryl methyl sites for hydroxylation is 2. The zero-order valence-corrected chi connectivity index (χ0v) is 49.9. The van der Waals surface area contributed by atoms with Crippen LogP contribution in [0.15, 0.2) is 97.1 Å². The Kier molecular flexibility index (Phi) is 19.4. The summed E-state index contributed by atoms with van der Waals surface area (Å²) in [4.78, 5) is 116. The van der Waals surface area contributed by atoms with Crippen molar-refractivity contribution in [2.24, 2.45) is 22.7 Å². The zero-order chi connectivity index (χ0) is 59.2. The standard InChI is InChI=1S/C67H87N7O8/c1-11-40(2)60(77)72-59(67(7,8)9)65(82)74-39-50(36-56(74)63(80)71-54-25-17-21-45-19-13-15-24-52(45)54)70-62(79)47-32-28-43(29-33-47)42-26-30-46(31-27-42)61(78)69-49-35-55(58(76)34-48-22-16-20-44-18-12-14-23-51(44)48)73(38-49)64(81)53(66(4,5)6)37-57(75)41(3)68-10/h12-15,18-19,23-24,26-33,40-41,48-50,53-56,59,68H,11,16-17,20-22,25,34-39H2,1-10H3,(H,69,78)(H,70,79)(H,71,80)(H,72,77)/t40-,41+,48+,49?,50+,53-,54-,55+,56+,59-/m1/s1. The van der Waals surface area contributed by atoms with Crippen molar-refractivity contribution >= 4 is 47.0 Å². The number of hydrogen-bond donors (Lipinski definition) is 5. The average Bonchev–Trinajstić information content (AvgIpc) is 4.28. The number of rotatable bonds is 19. The fraction of sp³-hybridized carbons (Fsp3) is 0.522. The van der Waals surface area contributed by atoms with Gasteiger partial charge in [-0.2, -0.15) is 0 Å². The Hall–Kier alpha value is -7.00. The molecule has 1 unspecified atom stereocenters. The first-order chi connectivity index (χ1) is 38.9. The minimum Gasteiger partial charge on any atom is -0.347 e. The van der Waals surface area contributed by atoms with Gasteiger partial charge in [0.15, 0.2) is 5.78 Å². The molecule has 2 aliphatic heterocycles. The third-order valence-corrected chi connectivity index (χ3v) is 17.9. The maximum Gasteiger partial charge on any atom is 0.251 e. The summed E-state index contributed by atoms with van der Waals surface area (Å²) in [6.07, 6.45) is 6.81. The highest BCUT2D eigenvalue weighted by Crippen LogP contribution is 2.39. The molecule has 5 N–H and O–H groups in total. The molecule has 15 nitrogen and oxygen atoms in total. The molecule has 4 aliphatic rings. The minimum atomic E-state index is -0.912. The van der Waals surface area contributed by atoms with Gasteiger partial charge in [0.25, 0.3) is 11.8 Å². The number of nitrogens with zero attached hydrogens (tertiary/aromatic N) is 2. The number of carbonyl (C=O) groups excluding carboxylic acids is 8. The second-order valence-corrected chi connectivity index (χ2v) is 25.8. The van der Waals surface area contributed by atoms with Crippen molar-refractivity contribution in [2.75, 3.05) is 20.1 Å². The van der Waals surface area contributed by atoms with Crippen molar-refractivity contribution in [2.45, 2.75) is 181 Å². The fourth-order valence-corrected chi connectivity index (χ4v) is 12.5. The maximum absolute atomic E-state index is 14.7. The van der Waals surface area contributed by atoms with Crippen LogP contribution in [0, 0.1) is 22.7 Å². The lowest BCUT2D eigenvalue weighted by Gasteiger charge is -2.36. The molecule has 6 amide bonds. The highest BCUT2D eigenvalue weighted by atomic mass is 16.2. The Bertz CT molecular complexity index is 2800. The van der Waals surface area contributed by atoms with Gasteiger partial charge in [-0.25, -0.2) is 0 Å². The Morgan fingerprint density at radius 3 is 1.66 bits per heavy atom. The molecule has 438 valence electrons. The van der Waals surface area contributed by atoms with Crippen molar-refractivity contribution in [3.63, 3.8) is 0 Å². The minimum absolute atomic E-state index is 0.0270. The molecule has 4 aromatic carbocycles. The van der Waals surface area contributed by atoms with Gasteiger partial charge < -0.3 is 36.4 Å². The molecule has 15 heteroatoms. The number of likely N-dealkylation sites (N-methyl/N-ethyl adjacent to an activating group) is 1. The molecule has 0 aromatic heterocycles. The first-order valence-corrected chi connectivity index (χ1v) is 29.9. The quantitative estimate of drug-likeness (QED) is 0.0608. The monoisotopic (exact) mass is 1120 g/mol. The molecular weight excluding hydrogens is 1030 g/mol. The van der Waals surface area contributed by atoms with Gasteiger partial charge in [0.2, 0.25) is 23.6 Å². The number of Topliss-reactive ketones (excluding diaryl/α,β-unsaturated/α-hetero) is 2. The number of benzene rings is 4. The van der Waals surface area contributed by atoms with Crippen molar-refractivity contribution in [3.8, 4) is 11.1 Å². The summed E-state index contributed by atoms with van der Waals surface area (Å²) >= 11 is 0. The molecule has 82 heavy (non-hydrogen) atoms. The highest BCUT2D eigenvalue weighted by molar-refractivity contribution is 5.98. The van der Waals surface area contributed by atoms with E-state index >= 15 is 0 Å². The second-order valence-electron chi connectivity index (χ2n) is 25.8. The maximum atomic E-state index is 14.7. The van der Waals surface area contributed by atoms with Gasteiger partial charge in [-0.1, -0.05) is 128 Å². The predicted octanol–water partition coefficient (Wildman–Crippen LogP) is 8.83. The molecular formula is C67H87N7O8. The largest absolute Gasteiger partial charge is 0.347 e. The van der Waals surface area contributed by atoms with Crippen molar-refractivity contribution in [1.82, 2.24) is 36.4 Å². The Morgan fingerprint density at radius 1 is 0.610 bits per heavy atom. The van der Waals surface area contributed by atoms with Gasteiger partial charge in [-0.3, -0.25) is 38.4 Å². The average molecular weight is 1120 g/mol. The van der Waals surface area contributed by atoms with Gasteiger partial charge in [-0.15, -0.1) is 0 Å². The Labute approximate surface area is 485 Å². The number of fused-ring (bicyclic) bond motifs is 2. The van der Waals surface area contributed by atoms with Crippen molar-refractivity contribution in [1.29, 1.82) is 0 Å². The van der Waals surface area contributed by atoms with Gasteiger partial charge in [0, 0.05) is 61.0 Å². The van der Waals surface area contributed by atoms with E-state index in [2.05, 4.69) is 44.8 Å². The van der Waals surface area contributed by atoms with Gasteiger partial charge in [0.1, 0.15) is 17.9 Å². The number of hydrogen-bond acceptors (Lipinski definition) is 9. The van der Waals surface area contributed by atoms with E-state index < -0.39 is 53.0 Å². The molecule has 0 saturated carbocycles. The van der Waals surface area contributed by atoms with Gasteiger partial charge in [0.05, 0.1) is 18.1 Å². The smallest absolute Gasteiger partial charge is 0.251 e. The van der Waals surface area contributed by atoms with Crippen LogP contribution in [0.3, 0.4) is 0 Å². The summed E-state index contributed by atoms with van der Waals surface area (Å²) in [7, 11) is 1.72. The highest BCUT2D eigenvalue weighted by Gasteiger charge is 2.48. The molecule has 2 aliphatic carbocycles. The molecule has 0 bridgehead atoms. The molecule has 10 atom stereocenters. The van der Waals surface area contributed by atoms with Gasteiger partial charge >= 0.3 is 0 Å². The van der Waals surface area contributed by atoms with E-state index in [9.17, 15) is 38.4 Å². The van der Waals surface area contributed by atoms with E-state index in [1.807, 2.05) is 110 Å². The van der Waals surface area contributed by atoms with Crippen LogP contribution in [0.1, 0.15) is 175 Å². The normalized spacial score (nSPS) is 22.1. The van der Waals surface area contributed by atoms with E-state index in [4.69, 9.17) is 0 Å². The van der Waals surface area contributed by atoms with Gasteiger partial charge in [-0.05, 0) is 146 Å². The van der Waals surface area contributed by atoms with E-state index in [1.165, 1.54) is 21.6 Å². The summed E-state index contributed by atoms with van der Waals surface area (Å²) in [5, 5.41) is 15.5. The number of carbonyl (C=O) groups is 8. The van der Waals surface area contributed by atoms with E-state index in [1.54, 1.807) is 43.1 Å². The predicted molar refractivity (Wildman–Crippen MR) is 319 cm³/mol. The Balaban J connectivity index is 0.937. The lowest BCUT2D eigenvalue weighted by Crippen LogP contribution is -2.58. The topological polar surface area (TPSA) is 203 Å². The Morgan fingerprint density at radius 2 is 1.12 bits per heavy atom. The molecule has 2 heterocycles. The van der Waals surface area contributed by atoms with E-state index in [-0.39, 0.29) is 104 Å². The third kappa shape index (κ3) is 14.2. The van der Waals surface area contributed by atoms with Crippen LogP contribution in [0.4, 0.5) is 0 Å². The second kappa shape index (κ2) is 26.1. The van der Waals surface area contributed by atoms with Crippen LogP contribution < -0.4 is 26.6 Å². The molecule has 0 radical (unpaired) electrons. The number of amides is 6. The van der Waals surface area contributed by atoms with E-state index in [0.717, 1.165) is 55.2 Å². The summed E-state index contributed by atoms with van der Waals surface area (Å²) in [5.41, 5.74) is 5.84. The van der Waals surface area contributed by atoms with Crippen molar-refractivity contribution in [3.05, 3.63) is 130 Å². The summed E-state index contributed by atoms with van der Waals surface area (Å²) in [5.74, 6) is -2.93. The van der Waals surface area contributed by atoms with Crippen LogP contribution in [0.25, 0.3) is 11.1 Å². The zero-order valence-electron chi connectivity index (χ0n) is 49.9. The number of likely N-dealkylation sites (tertiary alicyclic amines) is 2. The first kappa shape index (κ1) is 61.1. The van der Waals surface area contributed by atoms with Crippen LogP contribution in [0.5, 0.6) is 0 Å². The molecule has 0 spiro atoms. The van der Waals surface area contributed by atoms with Crippen LogP contribution >= 0.6 is 0 Å². The first-order valence-electron chi connectivity index (χ1n) is 29.9.